The minimum Gasteiger partial charge on any atom is -0.444 e. The highest BCUT2D eigenvalue weighted by molar-refractivity contribution is 6.32. The number of aryl methyl sites for hydroxylation is 1. The first-order chi connectivity index (χ1) is 17.6. The van der Waals surface area contributed by atoms with Crippen molar-refractivity contribution in [3.8, 4) is 5.82 Å². The number of piperidine rings is 1. The number of fused-ring (bicyclic) bond motifs is 3. The number of nitrogens with zero attached hydrogens (tertiary/aromatic N) is 6. The number of halogens is 1. The number of carbonyl (C=O) groups is 1. The van der Waals surface area contributed by atoms with E-state index in [2.05, 4.69) is 16.1 Å². The molecule has 0 aliphatic carbocycles. The number of benzene rings is 1. The highest BCUT2D eigenvalue weighted by Gasteiger charge is 2.40. The lowest BCUT2D eigenvalue weighted by Gasteiger charge is -2.34. The Bertz CT molecular complexity index is 1340. The van der Waals surface area contributed by atoms with Crippen LogP contribution in [0.3, 0.4) is 0 Å². The normalized spacial score (nSPS) is 22.3. The molecule has 3 aliphatic rings. The number of amides is 1. The van der Waals surface area contributed by atoms with E-state index in [1.54, 1.807) is 4.90 Å². The highest BCUT2D eigenvalue weighted by atomic mass is 35.5. The molecule has 3 saturated heterocycles. The summed E-state index contributed by atoms with van der Waals surface area (Å²) < 4.78 is 13.2. The van der Waals surface area contributed by atoms with Crippen molar-refractivity contribution in [2.75, 3.05) is 31.1 Å². The van der Waals surface area contributed by atoms with E-state index in [1.807, 2.05) is 50.7 Å². The Hall–Kier alpha value is -2.91. The third kappa shape index (κ3) is 4.75. The number of likely N-dealkylation sites (tertiary alicyclic amines) is 1. The molecule has 3 aliphatic heterocycles. The summed E-state index contributed by atoms with van der Waals surface area (Å²) in [5.41, 5.74) is 1.55. The van der Waals surface area contributed by atoms with Crippen LogP contribution in [0, 0.1) is 6.92 Å². The smallest absolute Gasteiger partial charge is 0.410 e. The molecule has 6 rings (SSSR count). The van der Waals surface area contributed by atoms with Crippen molar-refractivity contribution < 1.29 is 14.3 Å². The quantitative estimate of drug-likeness (QED) is 0.483. The van der Waals surface area contributed by atoms with Gasteiger partial charge in [0.05, 0.1) is 30.5 Å². The van der Waals surface area contributed by atoms with Gasteiger partial charge in [-0.05, 0) is 70.6 Å². The number of hydrogen-bond donors (Lipinski definition) is 0. The van der Waals surface area contributed by atoms with Crippen molar-refractivity contribution in [1.29, 1.82) is 0 Å². The Kier molecular flexibility index (Phi) is 6.03. The van der Waals surface area contributed by atoms with Gasteiger partial charge in [0.15, 0.2) is 5.82 Å². The van der Waals surface area contributed by atoms with E-state index in [9.17, 15) is 4.79 Å². The predicted octanol–water partition coefficient (Wildman–Crippen LogP) is 4.87. The van der Waals surface area contributed by atoms with E-state index >= 15 is 0 Å². The van der Waals surface area contributed by atoms with Gasteiger partial charge in [0, 0.05) is 36.1 Å². The van der Waals surface area contributed by atoms with Gasteiger partial charge in [-0.1, -0.05) is 11.6 Å². The molecule has 1 amide bonds. The van der Waals surface area contributed by atoms with Gasteiger partial charge in [-0.3, -0.25) is 0 Å². The summed E-state index contributed by atoms with van der Waals surface area (Å²) in [6.07, 6.45) is 4.58. The van der Waals surface area contributed by atoms with Gasteiger partial charge in [-0.15, -0.1) is 0 Å². The Morgan fingerprint density at radius 1 is 1.14 bits per heavy atom. The van der Waals surface area contributed by atoms with Crippen LogP contribution in [0.1, 0.15) is 57.3 Å². The summed E-state index contributed by atoms with van der Waals surface area (Å²) in [7, 11) is 0. The molecule has 2 atom stereocenters. The Morgan fingerprint density at radius 2 is 1.89 bits per heavy atom. The molecule has 9 nitrogen and oxygen atoms in total. The molecular formula is C27H33ClN6O3. The second-order valence-corrected chi connectivity index (χ2v) is 11.8. The average molecular weight is 525 g/mol. The zero-order valence-corrected chi connectivity index (χ0v) is 22.5. The molecule has 2 bridgehead atoms. The molecule has 3 fully saturated rings. The zero-order chi connectivity index (χ0) is 25.9. The molecule has 0 radical (unpaired) electrons. The molecule has 5 heterocycles. The third-order valence-electron chi connectivity index (χ3n) is 7.50. The molecule has 196 valence electrons. The molecule has 0 N–H and O–H groups in total. The first kappa shape index (κ1) is 24.4. The minimum absolute atomic E-state index is 0.252. The van der Waals surface area contributed by atoms with Gasteiger partial charge in [0.2, 0.25) is 0 Å². The van der Waals surface area contributed by atoms with E-state index in [1.165, 1.54) is 0 Å². The van der Waals surface area contributed by atoms with Gasteiger partial charge in [0.1, 0.15) is 17.2 Å². The highest BCUT2D eigenvalue weighted by Crippen LogP contribution is 2.37. The Morgan fingerprint density at radius 3 is 2.57 bits per heavy atom. The molecule has 0 spiro atoms. The molecule has 0 saturated carbocycles. The van der Waals surface area contributed by atoms with Gasteiger partial charge < -0.3 is 19.3 Å². The maximum absolute atomic E-state index is 12.5. The fraction of sp³-hybridized carbons (Fsp3) is 0.556. The Balaban J connectivity index is 1.26. The van der Waals surface area contributed by atoms with E-state index in [4.69, 9.17) is 31.0 Å². The van der Waals surface area contributed by atoms with Crippen LogP contribution in [0.25, 0.3) is 16.7 Å². The topological polar surface area (TPSA) is 85.6 Å². The number of aromatic nitrogens is 4. The monoisotopic (exact) mass is 524 g/mol. The molecule has 37 heavy (non-hydrogen) atoms. The van der Waals surface area contributed by atoms with Crippen LogP contribution >= 0.6 is 11.6 Å². The fourth-order valence-electron chi connectivity index (χ4n) is 5.73. The molecule has 1 aromatic carbocycles. The number of anilines is 1. The van der Waals surface area contributed by atoms with E-state index in [-0.39, 0.29) is 12.0 Å². The van der Waals surface area contributed by atoms with Gasteiger partial charge in [0.25, 0.3) is 0 Å². The maximum Gasteiger partial charge on any atom is 0.410 e. The standard InChI is InChI=1S/C27H33ClN6O3/c1-16-30-24(33-14-20-10-19(33)15-36-20)12-25(31-16)34-23-11-21(22(28)9-18(23)13-29-34)17-5-7-32(8-6-17)26(35)37-27(2,3)4/h9,11-13,17,19-20H,5-8,10,14-15H2,1-4H3/t19-,20-/m1/s1. The van der Waals surface area contributed by atoms with Crippen molar-refractivity contribution in [1.82, 2.24) is 24.6 Å². The number of hydrogen-bond acceptors (Lipinski definition) is 7. The summed E-state index contributed by atoms with van der Waals surface area (Å²) in [4.78, 5) is 26.1. The summed E-state index contributed by atoms with van der Waals surface area (Å²) in [6.45, 7) is 10.5. The van der Waals surface area contributed by atoms with Crippen molar-refractivity contribution in [2.45, 2.75) is 70.6 Å². The molecule has 2 aromatic heterocycles. The van der Waals surface area contributed by atoms with Crippen LogP contribution in [-0.4, -0.2) is 74.7 Å². The minimum atomic E-state index is -0.498. The molecule has 3 aromatic rings. The Labute approximate surface area is 221 Å². The van der Waals surface area contributed by atoms with Crippen LogP contribution < -0.4 is 4.90 Å². The second kappa shape index (κ2) is 9.13. The zero-order valence-electron chi connectivity index (χ0n) is 21.8. The average Bonchev–Trinajstić information content (AvgIpc) is 3.58. The largest absolute Gasteiger partial charge is 0.444 e. The summed E-state index contributed by atoms with van der Waals surface area (Å²) >= 11 is 6.76. The number of carbonyl (C=O) groups excluding carboxylic acids is 1. The lowest BCUT2D eigenvalue weighted by Crippen LogP contribution is -2.41. The lowest BCUT2D eigenvalue weighted by molar-refractivity contribution is 0.0205. The van der Waals surface area contributed by atoms with Gasteiger partial charge in [-0.2, -0.15) is 5.10 Å². The van der Waals surface area contributed by atoms with Crippen LogP contribution in [0.15, 0.2) is 24.4 Å². The third-order valence-corrected chi connectivity index (χ3v) is 7.82. The fourth-order valence-corrected chi connectivity index (χ4v) is 6.06. The van der Waals surface area contributed by atoms with Gasteiger partial charge >= 0.3 is 6.09 Å². The molecule has 10 heteroatoms. The van der Waals surface area contributed by atoms with E-state index < -0.39 is 5.60 Å². The van der Waals surface area contributed by atoms with Crippen molar-refractivity contribution in [3.63, 3.8) is 0 Å². The first-order valence-electron chi connectivity index (χ1n) is 13.0. The lowest BCUT2D eigenvalue weighted by atomic mass is 9.89. The first-order valence-corrected chi connectivity index (χ1v) is 13.4. The van der Waals surface area contributed by atoms with Crippen LogP contribution in [0.2, 0.25) is 5.02 Å². The number of ether oxygens (including phenoxy) is 2. The summed E-state index contributed by atoms with van der Waals surface area (Å²) in [5.74, 6) is 2.63. The second-order valence-electron chi connectivity index (χ2n) is 11.4. The van der Waals surface area contributed by atoms with Crippen LogP contribution in [0.4, 0.5) is 10.6 Å². The number of morpholine rings is 1. The number of rotatable bonds is 3. The molecular weight excluding hydrogens is 492 g/mol. The van der Waals surface area contributed by atoms with Crippen molar-refractivity contribution in [3.05, 3.63) is 40.8 Å². The van der Waals surface area contributed by atoms with E-state index in [0.717, 1.165) is 65.5 Å². The van der Waals surface area contributed by atoms with Crippen LogP contribution in [0.5, 0.6) is 0 Å². The summed E-state index contributed by atoms with van der Waals surface area (Å²) in [6, 6.07) is 6.52. The van der Waals surface area contributed by atoms with Crippen LogP contribution in [-0.2, 0) is 9.47 Å². The van der Waals surface area contributed by atoms with Crippen molar-refractivity contribution >= 4 is 34.4 Å². The molecule has 0 unspecified atom stereocenters. The van der Waals surface area contributed by atoms with Gasteiger partial charge in [-0.25, -0.2) is 19.4 Å². The maximum atomic E-state index is 12.5. The van der Waals surface area contributed by atoms with Crippen molar-refractivity contribution in [2.24, 2.45) is 0 Å². The predicted molar refractivity (Wildman–Crippen MR) is 142 cm³/mol. The van der Waals surface area contributed by atoms with E-state index in [0.29, 0.717) is 31.1 Å². The summed E-state index contributed by atoms with van der Waals surface area (Å²) in [5, 5.41) is 6.37. The SMILES string of the molecule is Cc1nc(N2C[C@H]3C[C@@H]2CO3)cc(-n2ncc3cc(Cl)c(C4CCN(C(=O)OC(C)(C)C)CC4)cc32)n1.